The molecule has 1 saturated heterocycles. The number of piperazine rings is 1. The summed E-state index contributed by atoms with van der Waals surface area (Å²) in [6.07, 6.45) is -3.51. The number of aromatic amines is 1. The second kappa shape index (κ2) is 7.51. The molecule has 0 bridgehead atoms. The Balaban J connectivity index is 1.64. The van der Waals surface area contributed by atoms with Gasteiger partial charge in [-0.15, -0.1) is 0 Å². The Bertz CT molecular complexity index is 820. The topological polar surface area (TPSA) is 75.7 Å². The molecule has 0 aliphatic carbocycles. The van der Waals surface area contributed by atoms with Crippen molar-refractivity contribution in [2.45, 2.75) is 6.18 Å². The zero-order valence-corrected chi connectivity index (χ0v) is 14.9. The van der Waals surface area contributed by atoms with Crippen LogP contribution in [0.4, 0.5) is 35.2 Å². The van der Waals surface area contributed by atoms with Crippen LogP contribution in [0.3, 0.4) is 0 Å². The minimum atomic E-state index is -4.44. The molecule has 0 saturated carbocycles. The van der Waals surface area contributed by atoms with Gasteiger partial charge in [-0.1, -0.05) is 11.6 Å². The second-order valence-electron chi connectivity index (χ2n) is 6.09. The predicted octanol–water partition coefficient (Wildman–Crippen LogP) is 2.99. The van der Waals surface area contributed by atoms with Gasteiger partial charge in [-0.25, -0.2) is 9.78 Å². The van der Waals surface area contributed by atoms with Crippen molar-refractivity contribution in [3.05, 3.63) is 47.1 Å². The standard InChI is InChI=1S/C17H17ClF3N5O/c18-14-9-11(17(19,20)21)10-23-15(14)26-7-5-25(6-8-26)13-3-1-12(2-4-13)24-16(22)27/h1-4,9-10H,5-8H2,(H3,22,24,27)/p+1. The molecule has 1 aromatic heterocycles. The normalized spacial score (nSPS) is 15.0. The summed E-state index contributed by atoms with van der Waals surface area (Å²) >= 11 is 6.05. The van der Waals surface area contributed by atoms with Gasteiger partial charge >= 0.3 is 12.2 Å². The largest absolute Gasteiger partial charge is 0.419 e. The molecule has 2 heterocycles. The lowest BCUT2D eigenvalue weighted by Crippen LogP contribution is -2.48. The fraction of sp³-hybridized carbons (Fsp3) is 0.294. The van der Waals surface area contributed by atoms with Crippen LogP contribution in [0, 0.1) is 0 Å². The number of nitrogens with one attached hydrogen (secondary N) is 2. The molecular formula is C17H18ClF3N5O+. The molecule has 3 rings (SSSR count). The molecule has 2 aromatic rings. The summed E-state index contributed by atoms with van der Waals surface area (Å²) in [5, 5.41) is 2.54. The Morgan fingerprint density at radius 3 is 2.22 bits per heavy atom. The zero-order chi connectivity index (χ0) is 19.6. The van der Waals surface area contributed by atoms with Crippen LogP contribution >= 0.6 is 11.6 Å². The van der Waals surface area contributed by atoms with Crippen LogP contribution in [-0.4, -0.2) is 32.2 Å². The molecule has 1 aromatic carbocycles. The van der Waals surface area contributed by atoms with Gasteiger partial charge < -0.3 is 16.0 Å². The number of nitrogens with two attached hydrogens (primary N) is 1. The Labute approximate surface area is 158 Å². The summed E-state index contributed by atoms with van der Waals surface area (Å²) < 4.78 is 38.3. The van der Waals surface area contributed by atoms with Crippen molar-refractivity contribution in [2.24, 2.45) is 5.73 Å². The Morgan fingerprint density at radius 2 is 1.70 bits per heavy atom. The van der Waals surface area contributed by atoms with Gasteiger partial charge in [0.15, 0.2) is 0 Å². The average molecular weight is 401 g/mol. The van der Waals surface area contributed by atoms with E-state index < -0.39 is 17.8 Å². The number of anilines is 3. The highest BCUT2D eigenvalue weighted by Crippen LogP contribution is 2.32. The lowest BCUT2D eigenvalue weighted by Gasteiger charge is -2.32. The van der Waals surface area contributed by atoms with Crippen molar-refractivity contribution >= 4 is 34.8 Å². The van der Waals surface area contributed by atoms with E-state index in [1.165, 1.54) is 0 Å². The fourth-order valence-electron chi connectivity index (χ4n) is 2.95. The van der Waals surface area contributed by atoms with Gasteiger partial charge in [-0.3, -0.25) is 4.90 Å². The van der Waals surface area contributed by atoms with E-state index in [4.69, 9.17) is 17.3 Å². The fourth-order valence-corrected chi connectivity index (χ4v) is 3.25. The van der Waals surface area contributed by atoms with Crippen molar-refractivity contribution in [1.82, 2.24) is 0 Å². The number of urea groups is 1. The molecule has 27 heavy (non-hydrogen) atoms. The summed E-state index contributed by atoms with van der Waals surface area (Å²) in [7, 11) is 0. The average Bonchev–Trinajstić information content (AvgIpc) is 2.61. The van der Waals surface area contributed by atoms with Gasteiger partial charge in [0.2, 0.25) is 0 Å². The van der Waals surface area contributed by atoms with Crippen molar-refractivity contribution in [2.75, 3.05) is 41.3 Å². The van der Waals surface area contributed by atoms with Crippen molar-refractivity contribution in [3.8, 4) is 0 Å². The molecule has 0 spiro atoms. The molecule has 0 unspecified atom stereocenters. The summed E-state index contributed by atoms with van der Waals surface area (Å²) in [4.78, 5) is 17.6. The molecule has 10 heteroatoms. The minimum Gasteiger partial charge on any atom is -0.364 e. The first-order chi connectivity index (χ1) is 12.7. The quantitative estimate of drug-likeness (QED) is 0.831. The summed E-state index contributed by atoms with van der Waals surface area (Å²) in [5.41, 5.74) is 5.86. The highest BCUT2D eigenvalue weighted by Gasteiger charge is 2.34. The number of rotatable bonds is 3. The molecule has 1 fully saturated rings. The van der Waals surface area contributed by atoms with Gasteiger partial charge in [-0.05, 0) is 30.3 Å². The molecule has 1 aliphatic heterocycles. The Kier molecular flexibility index (Phi) is 5.31. The maximum Gasteiger partial charge on any atom is 0.419 e. The van der Waals surface area contributed by atoms with E-state index in [0.717, 1.165) is 18.0 Å². The number of hydrogen-bond acceptors (Lipinski definition) is 3. The first-order valence-electron chi connectivity index (χ1n) is 8.19. The van der Waals surface area contributed by atoms with Gasteiger partial charge in [-0.2, -0.15) is 13.2 Å². The molecular weight excluding hydrogens is 383 g/mol. The van der Waals surface area contributed by atoms with Crippen LogP contribution in [0.25, 0.3) is 0 Å². The molecule has 2 amide bonds. The van der Waals surface area contributed by atoms with E-state index in [9.17, 15) is 18.0 Å². The number of H-pyrrole nitrogens is 1. The molecule has 1 aliphatic rings. The maximum absolute atomic E-state index is 12.8. The number of aromatic nitrogens is 1. The van der Waals surface area contributed by atoms with Gasteiger partial charge in [0, 0.05) is 11.4 Å². The zero-order valence-electron chi connectivity index (χ0n) is 14.2. The van der Waals surface area contributed by atoms with Crippen LogP contribution in [0.2, 0.25) is 5.02 Å². The number of carbonyl (C=O) groups excluding carboxylic acids is 1. The third-order valence-electron chi connectivity index (χ3n) is 4.30. The molecule has 4 N–H and O–H groups in total. The van der Waals surface area contributed by atoms with E-state index in [1.54, 1.807) is 12.1 Å². The molecule has 0 atom stereocenters. The van der Waals surface area contributed by atoms with Gasteiger partial charge in [0.25, 0.3) is 5.82 Å². The number of halogens is 4. The lowest BCUT2D eigenvalue weighted by atomic mass is 10.2. The third-order valence-corrected chi connectivity index (χ3v) is 4.58. The van der Waals surface area contributed by atoms with E-state index in [0.29, 0.717) is 37.7 Å². The van der Waals surface area contributed by atoms with Crippen LogP contribution in [0.5, 0.6) is 0 Å². The van der Waals surface area contributed by atoms with Gasteiger partial charge in [0.1, 0.15) is 24.3 Å². The van der Waals surface area contributed by atoms with Crippen LogP contribution in [-0.2, 0) is 6.18 Å². The third kappa shape index (κ3) is 4.54. The number of primary amides is 1. The molecule has 144 valence electrons. The van der Waals surface area contributed by atoms with Crippen molar-refractivity contribution in [1.29, 1.82) is 0 Å². The monoisotopic (exact) mass is 400 g/mol. The minimum absolute atomic E-state index is 0.0418. The van der Waals surface area contributed by atoms with Crippen LogP contribution < -0.4 is 25.8 Å². The van der Waals surface area contributed by atoms with Gasteiger partial charge in [0.05, 0.1) is 18.7 Å². The number of alkyl halides is 3. The first kappa shape index (κ1) is 19.1. The van der Waals surface area contributed by atoms with Crippen LogP contribution in [0.15, 0.2) is 36.5 Å². The van der Waals surface area contributed by atoms with E-state index in [1.807, 2.05) is 17.0 Å². The summed E-state index contributed by atoms with van der Waals surface area (Å²) in [5.74, 6) is 0.477. The SMILES string of the molecule is NC(=O)Nc1ccc(N2CCN(c3[nH+]cc(C(F)(F)F)cc3Cl)CC2)cc1. The van der Waals surface area contributed by atoms with E-state index >= 15 is 0 Å². The lowest BCUT2D eigenvalue weighted by molar-refractivity contribution is -0.367. The molecule has 6 nitrogen and oxygen atoms in total. The number of nitrogens with zero attached hydrogens (tertiary/aromatic N) is 2. The second-order valence-corrected chi connectivity index (χ2v) is 6.50. The number of hydrogen-bond donors (Lipinski definition) is 2. The predicted molar refractivity (Wildman–Crippen MR) is 97.1 cm³/mol. The van der Waals surface area contributed by atoms with Crippen molar-refractivity contribution in [3.63, 3.8) is 0 Å². The first-order valence-corrected chi connectivity index (χ1v) is 8.56. The van der Waals surface area contributed by atoms with E-state index in [2.05, 4.69) is 15.2 Å². The van der Waals surface area contributed by atoms with E-state index in [-0.39, 0.29) is 5.02 Å². The number of carbonyl (C=O) groups is 1. The number of benzene rings is 1. The Hall–Kier alpha value is -2.68. The maximum atomic E-state index is 12.8. The summed E-state index contributed by atoms with van der Waals surface area (Å²) in [6, 6.07) is 7.57. The highest BCUT2D eigenvalue weighted by molar-refractivity contribution is 6.32. The van der Waals surface area contributed by atoms with Crippen LogP contribution in [0.1, 0.15) is 5.56 Å². The molecule has 0 radical (unpaired) electrons. The Morgan fingerprint density at radius 1 is 1.11 bits per heavy atom. The highest BCUT2D eigenvalue weighted by atomic mass is 35.5. The van der Waals surface area contributed by atoms with Crippen molar-refractivity contribution < 1.29 is 22.9 Å². The number of amides is 2. The summed E-state index contributed by atoms with van der Waals surface area (Å²) in [6.45, 7) is 2.55. The smallest absolute Gasteiger partial charge is 0.364 e. The number of pyridine rings is 1.